The number of pyridine rings is 1. The Labute approximate surface area is 135 Å². The molecular weight excluding hydrogens is 330 g/mol. The van der Waals surface area contributed by atoms with E-state index >= 15 is 0 Å². The fourth-order valence-corrected chi connectivity index (χ4v) is 3.09. The highest BCUT2D eigenvalue weighted by atomic mass is 79.9. The summed E-state index contributed by atoms with van der Waals surface area (Å²) in [5, 5.41) is 0. The highest BCUT2D eigenvalue weighted by molar-refractivity contribution is 9.10. The summed E-state index contributed by atoms with van der Waals surface area (Å²) in [6, 6.07) is 3.65. The van der Waals surface area contributed by atoms with E-state index in [0.717, 1.165) is 56.1 Å². The van der Waals surface area contributed by atoms with Gasteiger partial charge in [0.25, 0.3) is 5.91 Å². The van der Waals surface area contributed by atoms with Gasteiger partial charge in [-0.25, -0.2) is 4.98 Å². The van der Waals surface area contributed by atoms with Crippen LogP contribution in [0.5, 0.6) is 0 Å². The molecule has 21 heavy (non-hydrogen) atoms. The van der Waals surface area contributed by atoms with E-state index in [1.807, 2.05) is 17.0 Å². The molecule has 1 aliphatic heterocycles. The number of hydrogen-bond acceptors (Lipinski definition) is 3. The van der Waals surface area contributed by atoms with Gasteiger partial charge in [0.2, 0.25) is 0 Å². The van der Waals surface area contributed by atoms with Crippen LogP contribution in [0.4, 0.5) is 0 Å². The van der Waals surface area contributed by atoms with Gasteiger partial charge in [-0.3, -0.25) is 4.79 Å². The second kappa shape index (κ2) is 7.90. The molecule has 0 unspecified atom stereocenters. The Morgan fingerprint density at radius 1 is 1.33 bits per heavy atom. The molecule has 116 valence electrons. The van der Waals surface area contributed by atoms with Crippen molar-refractivity contribution in [2.75, 3.05) is 32.7 Å². The lowest BCUT2D eigenvalue weighted by atomic mass is 9.95. The first-order chi connectivity index (χ1) is 10.1. The van der Waals surface area contributed by atoms with E-state index in [-0.39, 0.29) is 5.91 Å². The number of rotatable bonds is 5. The summed E-state index contributed by atoms with van der Waals surface area (Å²) in [6.07, 6.45) is 3.85. The fourth-order valence-electron chi connectivity index (χ4n) is 2.85. The SMILES string of the molecule is CCN(CC)CC1CCN(C(=O)c2ccc(Br)nc2)CC1. The van der Waals surface area contributed by atoms with E-state index in [2.05, 4.69) is 39.7 Å². The van der Waals surface area contributed by atoms with Gasteiger partial charge in [0.15, 0.2) is 0 Å². The summed E-state index contributed by atoms with van der Waals surface area (Å²) in [4.78, 5) is 21.0. The topological polar surface area (TPSA) is 36.4 Å². The second-order valence-corrected chi connectivity index (χ2v) is 6.40. The summed E-state index contributed by atoms with van der Waals surface area (Å²) in [5.74, 6) is 0.827. The lowest BCUT2D eigenvalue weighted by Crippen LogP contribution is -2.41. The molecule has 5 heteroatoms. The zero-order chi connectivity index (χ0) is 15.2. The van der Waals surface area contributed by atoms with Crippen molar-refractivity contribution >= 4 is 21.8 Å². The molecule has 0 radical (unpaired) electrons. The molecule has 4 nitrogen and oxygen atoms in total. The van der Waals surface area contributed by atoms with Gasteiger partial charge in [-0.2, -0.15) is 0 Å². The molecule has 1 fully saturated rings. The van der Waals surface area contributed by atoms with Crippen molar-refractivity contribution < 1.29 is 4.79 Å². The van der Waals surface area contributed by atoms with Crippen LogP contribution in [-0.4, -0.2) is 53.4 Å². The van der Waals surface area contributed by atoms with Crippen molar-refractivity contribution in [3.63, 3.8) is 0 Å². The highest BCUT2D eigenvalue weighted by Crippen LogP contribution is 2.20. The maximum Gasteiger partial charge on any atom is 0.255 e. The Morgan fingerprint density at radius 2 is 2.00 bits per heavy atom. The van der Waals surface area contributed by atoms with Crippen molar-refractivity contribution in [1.29, 1.82) is 0 Å². The van der Waals surface area contributed by atoms with E-state index < -0.39 is 0 Å². The lowest BCUT2D eigenvalue weighted by molar-refractivity contribution is 0.0669. The smallest absolute Gasteiger partial charge is 0.255 e. The summed E-state index contributed by atoms with van der Waals surface area (Å²) in [5.41, 5.74) is 0.681. The van der Waals surface area contributed by atoms with Crippen LogP contribution in [-0.2, 0) is 0 Å². The Balaban J connectivity index is 1.86. The number of piperidine rings is 1. The van der Waals surface area contributed by atoms with E-state index in [1.165, 1.54) is 0 Å². The fraction of sp³-hybridized carbons (Fsp3) is 0.625. The van der Waals surface area contributed by atoms with Crippen molar-refractivity contribution in [3.8, 4) is 0 Å². The molecule has 2 heterocycles. The minimum Gasteiger partial charge on any atom is -0.339 e. The van der Waals surface area contributed by atoms with E-state index in [1.54, 1.807) is 6.20 Å². The molecule has 0 aliphatic carbocycles. The molecule has 1 saturated heterocycles. The molecule has 0 bridgehead atoms. The molecule has 0 N–H and O–H groups in total. The number of carbonyl (C=O) groups is 1. The predicted octanol–water partition coefficient (Wildman–Crippen LogP) is 3.04. The van der Waals surface area contributed by atoms with E-state index in [4.69, 9.17) is 0 Å². The monoisotopic (exact) mass is 353 g/mol. The van der Waals surface area contributed by atoms with Crippen molar-refractivity contribution in [3.05, 3.63) is 28.5 Å². The van der Waals surface area contributed by atoms with Crippen molar-refractivity contribution in [2.24, 2.45) is 5.92 Å². The van der Waals surface area contributed by atoms with Crippen molar-refractivity contribution in [1.82, 2.24) is 14.8 Å². The number of likely N-dealkylation sites (tertiary alicyclic amines) is 1. The lowest BCUT2D eigenvalue weighted by Gasteiger charge is -2.34. The van der Waals surface area contributed by atoms with Gasteiger partial charge in [-0.05, 0) is 59.9 Å². The molecule has 1 amide bonds. The van der Waals surface area contributed by atoms with Gasteiger partial charge in [-0.1, -0.05) is 13.8 Å². The Morgan fingerprint density at radius 3 is 2.52 bits per heavy atom. The first kappa shape index (κ1) is 16.4. The van der Waals surface area contributed by atoms with E-state index in [0.29, 0.717) is 5.56 Å². The molecule has 1 aromatic heterocycles. The predicted molar refractivity (Wildman–Crippen MR) is 88.4 cm³/mol. The summed E-state index contributed by atoms with van der Waals surface area (Å²) in [7, 11) is 0. The number of carbonyl (C=O) groups excluding carboxylic acids is 1. The molecular formula is C16H24BrN3O. The number of amides is 1. The summed E-state index contributed by atoms with van der Waals surface area (Å²) in [6.45, 7) is 9.53. The number of halogens is 1. The third-order valence-corrected chi connectivity index (χ3v) is 4.76. The summed E-state index contributed by atoms with van der Waals surface area (Å²) < 4.78 is 0.761. The molecule has 1 aromatic rings. The third kappa shape index (κ3) is 4.51. The van der Waals surface area contributed by atoms with Gasteiger partial charge < -0.3 is 9.80 Å². The first-order valence-electron chi connectivity index (χ1n) is 7.77. The largest absolute Gasteiger partial charge is 0.339 e. The van der Waals surface area contributed by atoms with Crippen molar-refractivity contribution in [2.45, 2.75) is 26.7 Å². The van der Waals surface area contributed by atoms with Gasteiger partial charge in [0, 0.05) is 25.8 Å². The minimum absolute atomic E-state index is 0.108. The average Bonchev–Trinajstić information content (AvgIpc) is 2.53. The Bertz CT molecular complexity index is 451. The zero-order valence-corrected chi connectivity index (χ0v) is 14.5. The van der Waals surface area contributed by atoms with Gasteiger partial charge in [0.1, 0.15) is 4.60 Å². The third-order valence-electron chi connectivity index (χ3n) is 4.29. The Hall–Kier alpha value is -0.940. The number of hydrogen-bond donors (Lipinski definition) is 0. The van der Waals surface area contributed by atoms with Crippen LogP contribution in [0.15, 0.2) is 22.9 Å². The normalized spacial score (nSPS) is 16.5. The Kier molecular flexibility index (Phi) is 6.18. The number of nitrogens with zero attached hydrogens (tertiary/aromatic N) is 3. The molecule has 0 saturated carbocycles. The molecule has 0 atom stereocenters. The highest BCUT2D eigenvalue weighted by Gasteiger charge is 2.24. The van der Waals surface area contributed by atoms with Gasteiger partial charge in [0.05, 0.1) is 5.56 Å². The van der Waals surface area contributed by atoms with Crippen LogP contribution in [0.2, 0.25) is 0 Å². The standard InChI is InChI=1S/C16H24BrN3O/c1-3-19(4-2)12-13-7-9-20(10-8-13)16(21)14-5-6-15(17)18-11-14/h5-6,11,13H,3-4,7-10,12H2,1-2H3. The van der Waals surface area contributed by atoms with Gasteiger partial charge in [-0.15, -0.1) is 0 Å². The van der Waals surface area contributed by atoms with Crippen LogP contribution < -0.4 is 0 Å². The van der Waals surface area contributed by atoms with Gasteiger partial charge >= 0.3 is 0 Å². The van der Waals surface area contributed by atoms with Crippen LogP contribution >= 0.6 is 15.9 Å². The molecule has 1 aliphatic rings. The van der Waals surface area contributed by atoms with Crippen LogP contribution in [0.3, 0.4) is 0 Å². The molecule has 0 spiro atoms. The van der Waals surface area contributed by atoms with E-state index in [9.17, 15) is 4.79 Å². The van der Waals surface area contributed by atoms with Crippen LogP contribution in [0.25, 0.3) is 0 Å². The van der Waals surface area contributed by atoms with Crippen LogP contribution in [0.1, 0.15) is 37.0 Å². The maximum absolute atomic E-state index is 12.4. The average molecular weight is 354 g/mol. The zero-order valence-electron chi connectivity index (χ0n) is 12.9. The quantitative estimate of drug-likeness (QED) is 0.763. The summed E-state index contributed by atoms with van der Waals surface area (Å²) >= 11 is 3.29. The van der Waals surface area contributed by atoms with Crippen LogP contribution in [0, 0.1) is 5.92 Å². The molecule has 0 aromatic carbocycles. The first-order valence-corrected chi connectivity index (χ1v) is 8.56. The second-order valence-electron chi connectivity index (χ2n) is 5.59. The minimum atomic E-state index is 0.108. The maximum atomic E-state index is 12.4. The molecule has 2 rings (SSSR count). The number of aromatic nitrogens is 1.